The van der Waals surface area contributed by atoms with E-state index < -0.39 is 0 Å². The molecule has 0 fully saturated rings. The highest BCUT2D eigenvalue weighted by Gasteiger charge is 2.04. The highest BCUT2D eigenvalue weighted by atomic mass is 16.5. The van der Waals surface area contributed by atoms with Crippen molar-refractivity contribution in [2.24, 2.45) is 0 Å². The predicted molar refractivity (Wildman–Crippen MR) is 81.9 cm³/mol. The Bertz CT molecular complexity index is 405. The summed E-state index contributed by atoms with van der Waals surface area (Å²) in [6.45, 7) is 6.86. The standard InChI is InChI=1S/C16H25NO4/c1-4-13(2)17-9-10-20-11-12-21-15-7-5-14(6-8-15)16(18)19-3/h5-8,13,17H,4,9-12H2,1-3H3/t13-/m1/s1. The fraction of sp³-hybridized carbons (Fsp3) is 0.562. The van der Waals surface area contributed by atoms with Gasteiger partial charge in [0, 0.05) is 12.6 Å². The molecule has 0 bridgehead atoms. The van der Waals surface area contributed by atoms with Gasteiger partial charge in [0.2, 0.25) is 0 Å². The zero-order chi connectivity index (χ0) is 15.5. The summed E-state index contributed by atoms with van der Waals surface area (Å²) < 4.78 is 15.6. The highest BCUT2D eigenvalue weighted by molar-refractivity contribution is 5.89. The van der Waals surface area contributed by atoms with Crippen LogP contribution in [-0.2, 0) is 9.47 Å². The molecule has 5 heteroatoms. The van der Waals surface area contributed by atoms with Crippen molar-refractivity contribution in [3.63, 3.8) is 0 Å². The average Bonchev–Trinajstić information content (AvgIpc) is 2.53. The number of carbonyl (C=O) groups excluding carboxylic acids is 1. The van der Waals surface area contributed by atoms with E-state index in [-0.39, 0.29) is 5.97 Å². The van der Waals surface area contributed by atoms with Gasteiger partial charge in [0.25, 0.3) is 0 Å². The molecule has 0 aliphatic heterocycles. The van der Waals surface area contributed by atoms with Crippen LogP contribution < -0.4 is 10.1 Å². The van der Waals surface area contributed by atoms with Gasteiger partial charge in [-0.15, -0.1) is 0 Å². The molecular formula is C16H25NO4. The molecule has 0 saturated carbocycles. The van der Waals surface area contributed by atoms with Gasteiger partial charge in [-0.3, -0.25) is 0 Å². The van der Waals surface area contributed by atoms with Crippen LogP contribution in [0.1, 0.15) is 30.6 Å². The first-order valence-corrected chi connectivity index (χ1v) is 7.29. The molecule has 118 valence electrons. The summed E-state index contributed by atoms with van der Waals surface area (Å²) in [5.41, 5.74) is 0.511. The lowest BCUT2D eigenvalue weighted by Gasteiger charge is -2.11. The Morgan fingerprint density at radius 1 is 1.19 bits per heavy atom. The summed E-state index contributed by atoms with van der Waals surface area (Å²) in [5, 5.41) is 3.35. The van der Waals surface area contributed by atoms with E-state index in [1.807, 2.05) is 0 Å². The molecule has 0 heterocycles. The van der Waals surface area contributed by atoms with Crippen LogP contribution >= 0.6 is 0 Å². The number of esters is 1. The van der Waals surface area contributed by atoms with Gasteiger partial charge < -0.3 is 19.5 Å². The Kier molecular flexibility index (Phi) is 8.47. The Hall–Kier alpha value is -1.59. The molecule has 5 nitrogen and oxygen atoms in total. The molecule has 0 unspecified atom stereocenters. The zero-order valence-corrected chi connectivity index (χ0v) is 13.1. The second-order valence-corrected chi connectivity index (χ2v) is 4.74. The largest absolute Gasteiger partial charge is 0.491 e. The molecule has 1 N–H and O–H groups in total. The fourth-order valence-corrected chi connectivity index (χ4v) is 1.65. The Balaban J connectivity index is 2.11. The molecule has 0 aromatic heterocycles. The van der Waals surface area contributed by atoms with E-state index >= 15 is 0 Å². The van der Waals surface area contributed by atoms with Gasteiger partial charge >= 0.3 is 5.97 Å². The van der Waals surface area contributed by atoms with Crippen LogP contribution in [0.25, 0.3) is 0 Å². The van der Waals surface area contributed by atoms with Crippen LogP contribution in [-0.4, -0.2) is 45.5 Å². The molecular weight excluding hydrogens is 270 g/mol. The molecule has 0 spiro atoms. The molecule has 0 radical (unpaired) electrons. The van der Waals surface area contributed by atoms with Gasteiger partial charge in [-0.25, -0.2) is 4.79 Å². The lowest BCUT2D eigenvalue weighted by molar-refractivity contribution is 0.0600. The predicted octanol–water partition coefficient (Wildman–Crippen LogP) is 2.26. The SMILES string of the molecule is CC[C@@H](C)NCCOCCOc1ccc(C(=O)OC)cc1. The van der Waals surface area contributed by atoms with E-state index in [4.69, 9.17) is 9.47 Å². The third kappa shape index (κ3) is 7.11. The summed E-state index contributed by atoms with van der Waals surface area (Å²) in [6, 6.07) is 7.38. The summed E-state index contributed by atoms with van der Waals surface area (Å²) >= 11 is 0. The molecule has 0 aliphatic carbocycles. The van der Waals surface area contributed by atoms with Crippen LogP contribution in [0.2, 0.25) is 0 Å². The number of benzene rings is 1. The minimum atomic E-state index is -0.348. The van der Waals surface area contributed by atoms with E-state index in [0.29, 0.717) is 37.2 Å². The van der Waals surface area contributed by atoms with Crippen LogP contribution in [0.3, 0.4) is 0 Å². The molecule has 0 amide bonds. The second kappa shape index (κ2) is 10.2. The number of rotatable bonds is 10. The van der Waals surface area contributed by atoms with Crippen molar-refractivity contribution in [2.45, 2.75) is 26.3 Å². The monoisotopic (exact) mass is 295 g/mol. The number of methoxy groups -OCH3 is 1. The van der Waals surface area contributed by atoms with Crippen LogP contribution in [0.5, 0.6) is 5.75 Å². The van der Waals surface area contributed by atoms with Gasteiger partial charge in [-0.2, -0.15) is 0 Å². The lowest BCUT2D eigenvalue weighted by atomic mass is 10.2. The zero-order valence-electron chi connectivity index (χ0n) is 13.1. The van der Waals surface area contributed by atoms with Gasteiger partial charge in [-0.05, 0) is 37.6 Å². The topological polar surface area (TPSA) is 56.8 Å². The van der Waals surface area contributed by atoms with E-state index in [1.165, 1.54) is 7.11 Å². The van der Waals surface area contributed by atoms with E-state index in [2.05, 4.69) is 23.9 Å². The number of nitrogens with one attached hydrogen (secondary N) is 1. The van der Waals surface area contributed by atoms with Crippen molar-refractivity contribution in [3.05, 3.63) is 29.8 Å². The quantitative estimate of drug-likeness (QED) is 0.530. The first-order chi connectivity index (χ1) is 10.2. The minimum absolute atomic E-state index is 0.348. The van der Waals surface area contributed by atoms with Crippen LogP contribution in [0.4, 0.5) is 0 Å². The van der Waals surface area contributed by atoms with Crippen molar-refractivity contribution < 1.29 is 19.0 Å². The summed E-state index contributed by atoms with van der Waals surface area (Å²) in [4.78, 5) is 11.3. The van der Waals surface area contributed by atoms with Crippen LogP contribution in [0, 0.1) is 0 Å². The van der Waals surface area contributed by atoms with Crippen molar-refractivity contribution in [1.82, 2.24) is 5.32 Å². The van der Waals surface area contributed by atoms with Crippen molar-refractivity contribution in [1.29, 1.82) is 0 Å². The normalized spacial score (nSPS) is 12.0. The van der Waals surface area contributed by atoms with Crippen molar-refractivity contribution >= 4 is 5.97 Å². The Morgan fingerprint density at radius 3 is 2.52 bits per heavy atom. The summed E-state index contributed by atoms with van der Waals surface area (Å²) in [6.07, 6.45) is 1.12. The molecule has 1 aromatic carbocycles. The third-order valence-electron chi connectivity index (χ3n) is 3.12. The average molecular weight is 295 g/mol. The molecule has 0 saturated heterocycles. The summed E-state index contributed by atoms with van der Waals surface area (Å²) in [7, 11) is 1.36. The first-order valence-electron chi connectivity index (χ1n) is 7.29. The fourth-order valence-electron chi connectivity index (χ4n) is 1.65. The van der Waals surface area contributed by atoms with Gasteiger partial charge in [0.1, 0.15) is 12.4 Å². The number of hydrogen-bond acceptors (Lipinski definition) is 5. The minimum Gasteiger partial charge on any atom is -0.491 e. The van der Waals surface area contributed by atoms with Crippen molar-refractivity contribution in [3.8, 4) is 5.75 Å². The molecule has 1 atom stereocenters. The van der Waals surface area contributed by atoms with Gasteiger partial charge in [0.05, 0.1) is 25.9 Å². The molecule has 1 rings (SSSR count). The lowest BCUT2D eigenvalue weighted by Crippen LogP contribution is -2.29. The summed E-state index contributed by atoms with van der Waals surface area (Å²) in [5.74, 6) is 0.364. The Morgan fingerprint density at radius 2 is 1.90 bits per heavy atom. The van der Waals surface area contributed by atoms with Crippen molar-refractivity contribution in [2.75, 3.05) is 33.5 Å². The van der Waals surface area contributed by atoms with E-state index in [1.54, 1.807) is 24.3 Å². The van der Waals surface area contributed by atoms with E-state index in [9.17, 15) is 4.79 Å². The number of hydrogen-bond donors (Lipinski definition) is 1. The third-order valence-corrected chi connectivity index (χ3v) is 3.12. The first kappa shape index (κ1) is 17.5. The smallest absolute Gasteiger partial charge is 0.337 e. The van der Waals surface area contributed by atoms with Crippen LogP contribution in [0.15, 0.2) is 24.3 Å². The number of carbonyl (C=O) groups is 1. The van der Waals surface area contributed by atoms with E-state index in [0.717, 1.165) is 13.0 Å². The maximum atomic E-state index is 11.3. The Labute approximate surface area is 126 Å². The maximum absolute atomic E-state index is 11.3. The maximum Gasteiger partial charge on any atom is 0.337 e. The second-order valence-electron chi connectivity index (χ2n) is 4.74. The van der Waals surface area contributed by atoms with Gasteiger partial charge in [0.15, 0.2) is 0 Å². The molecule has 21 heavy (non-hydrogen) atoms. The van der Waals surface area contributed by atoms with Gasteiger partial charge in [-0.1, -0.05) is 6.92 Å². The molecule has 1 aromatic rings. The molecule has 0 aliphatic rings. The number of ether oxygens (including phenoxy) is 3. The highest BCUT2D eigenvalue weighted by Crippen LogP contribution is 2.12.